The van der Waals surface area contributed by atoms with Crippen LogP contribution in [0.3, 0.4) is 0 Å². The van der Waals surface area contributed by atoms with Crippen LogP contribution in [0.25, 0.3) is 0 Å². The molecule has 184 valence electrons. The van der Waals surface area contributed by atoms with E-state index in [1.165, 1.54) is 0 Å². The van der Waals surface area contributed by atoms with Crippen molar-refractivity contribution in [1.82, 2.24) is 19.9 Å². The smallest absolute Gasteiger partial charge is 0.410 e. The van der Waals surface area contributed by atoms with Gasteiger partial charge in [-0.15, -0.1) is 0 Å². The van der Waals surface area contributed by atoms with Crippen LogP contribution >= 0.6 is 0 Å². The minimum Gasteiger partial charge on any atom is -0.444 e. The van der Waals surface area contributed by atoms with E-state index >= 15 is 0 Å². The number of alkyl halides is 2. The average Bonchev–Trinajstić information content (AvgIpc) is 3.14. The molecule has 0 saturated carbocycles. The third kappa shape index (κ3) is 6.09. The van der Waals surface area contributed by atoms with Crippen molar-refractivity contribution < 1.29 is 18.3 Å². The molecule has 1 amide bonds. The van der Waals surface area contributed by atoms with Gasteiger partial charge in [0.1, 0.15) is 23.1 Å². The fourth-order valence-electron chi connectivity index (χ4n) is 4.24. The number of anilines is 3. The molecule has 4 heterocycles. The highest BCUT2D eigenvalue weighted by Crippen LogP contribution is 2.35. The van der Waals surface area contributed by atoms with Gasteiger partial charge in [0.05, 0.1) is 24.6 Å². The number of nitrogens with zero attached hydrogens (tertiary/aromatic N) is 5. The van der Waals surface area contributed by atoms with Crippen molar-refractivity contribution in [2.24, 2.45) is 0 Å². The van der Waals surface area contributed by atoms with Crippen LogP contribution < -0.4 is 10.2 Å². The molecular formula is C24H32F2N6O2. The van der Waals surface area contributed by atoms with Crippen molar-refractivity contribution >= 4 is 23.5 Å². The summed E-state index contributed by atoms with van der Waals surface area (Å²) in [4.78, 5) is 28.9. The molecule has 0 radical (unpaired) electrons. The molecule has 2 fully saturated rings. The number of aromatic nitrogens is 3. The normalized spacial score (nSPS) is 18.8. The first-order valence-corrected chi connectivity index (χ1v) is 11.7. The van der Waals surface area contributed by atoms with Crippen LogP contribution in [0, 0.1) is 6.92 Å². The molecule has 2 aromatic heterocycles. The molecule has 0 spiro atoms. The van der Waals surface area contributed by atoms with Crippen LogP contribution in [0.4, 0.5) is 31.0 Å². The number of pyridine rings is 1. The van der Waals surface area contributed by atoms with Crippen LogP contribution in [0.2, 0.25) is 0 Å². The first kappa shape index (κ1) is 24.1. The summed E-state index contributed by atoms with van der Waals surface area (Å²) in [5, 5.41) is 3.16. The van der Waals surface area contributed by atoms with E-state index in [1.807, 2.05) is 39.8 Å². The van der Waals surface area contributed by atoms with Crippen molar-refractivity contribution in [1.29, 1.82) is 0 Å². The minimum atomic E-state index is -2.72. The Labute approximate surface area is 198 Å². The molecule has 0 bridgehead atoms. The number of ether oxygens (including phenoxy) is 1. The molecular weight excluding hydrogens is 442 g/mol. The number of hydrogen-bond acceptors (Lipinski definition) is 7. The summed E-state index contributed by atoms with van der Waals surface area (Å²) in [5.41, 5.74) is 1.26. The number of halogens is 2. The summed E-state index contributed by atoms with van der Waals surface area (Å²) in [7, 11) is 0. The monoisotopic (exact) mass is 474 g/mol. The van der Waals surface area contributed by atoms with Gasteiger partial charge in [-0.25, -0.2) is 23.5 Å². The lowest BCUT2D eigenvalue weighted by Crippen LogP contribution is -2.41. The molecule has 4 rings (SSSR count). The Balaban J connectivity index is 1.53. The Kier molecular flexibility index (Phi) is 6.60. The van der Waals surface area contributed by atoms with Gasteiger partial charge in [0.15, 0.2) is 0 Å². The zero-order chi connectivity index (χ0) is 24.5. The van der Waals surface area contributed by atoms with Gasteiger partial charge in [-0.1, -0.05) is 0 Å². The third-order valence-corrected chi connectivity index (χ3v) is 5.98. The predicted octanol–water partition coefficient (Wildman–Crippen LogP) is 4.88. The molecule has 8 nitrogen and oxygen atoms in total. The van der Waals surface area contributed by atoms with Gasteiger partial charge in [-0.2, -0.15) is 0 Å². The van der Waals surface area contributed by atoms with Crippen molar-refractivity contribution in [3.63, 3.8) is 0 Å². The highest BCUT2D eigenvalue weighted by molar-refractivity contribution is 5.68. The lowest BCUT2D eigenvalue weighted by molar-refractivity contribution is 0.0203. The van der Waals surface area contributed by atoms with Crippen molar-refractivity contribution in [2.75, 3.05) is 36.4 Å². The molecule has 0 unspecified atom stereocenters. The van der Waals surface area contributed by atoms with E-state index in [4.69, 9.17) is 4.74 Å². The van der Waals surface area contributed by atoms with Gasteiger partial charge in [-0.3, -0.25) is 4.98 Å². The predicted molar refractivity (Wildman–Crippen MR) is 126 cm³/mol. The summed E-state index contributed by atoms with van der Waals surface area (Å²) in [6.45, 7) is 8.47. The summed E-state index contributed by atoms with van der Waals surface area (Å²) < 4.78 is 33.3. The molecule has 0 aliphatic carbocycles. The molecule has 2 aromatic rings. The highest BCUT2D eigenvalue weighted by Gasteiger charge is 2.39. The zero-order valence-corrected chi connectivity index (χ0v) is 20.1. The third-order valence-electron chi connectivity index (χ3n) is 5.98. The first-order chi connectivity index (χ1) is 16.0. The second kappa shape index (κ2) is 9.31. The average molecular weight is 475 g/mol. The van der Waals surface area contributed by atoms with E-state index < -0.39 is 11.5 Å². The standard InChI is InChI=1S/C24H32F2N6O2/c1-16-13-28-20(14-27-16)29-19-11-18(12-21(30-19)32-10-7-24(25,26)15-32)17-5-8-31(9-6-17)22(33)34-23(2,3)4/h11-14,17H,5-10,15H2,1-4H3,(H,28,29,30). The van der Waals surface area contributed by atoms with E-state index in [2.05, 4.69) is 20.3 Å². The number of likely N-dealkylation sites (tertiary alicyclic amines) is 1. The van der Waals surface area contributed by atoms with E-state index in [-0.39, 0.29) is 31.5 Å². The maximum atomic E-state index is 13.9. The number of nitrogens with one attached hydrogen (secondary N) is 1. The lowest BCUT2D eigenvalue weighted by Gasteiger charge is -2.34. The first-order valence-electron chi connectivity index (χ1n) is 11.7. The molecule has 34 heavy (non-hydrogen) atoms. The van der Waals surface area contributed by atoms with Gasteiger partial charge in [0.25, 0.3) is 5.92 Å². The molecule has 2 saturated heterocycles. The summed E-state index contributed by atoms with van der Waals surface area (Å²) in [5.74, 6) is -0.949. The SMILES string of the molecule is Cc1cnc(Nc2cc(C3CCN(C(=O)OC(C)(C)C)CC3)cc(N3CCC(F)(F)C3)n2)cn1. The fourth-order valence-corrected chi connectivity index (χ4v) is 4.24. The summed E-state index contributed by atoms with van der Waals surface area (Å²) in [6, 6.07) is 3.84. The Hall–Kier alpha value is -3.04. The van der Waals surface area contributed by atoms with Crippen molar-refractivity contribution in [2.45, 2.75) is 64.4 Å². The largest absolute Gasteiger partial charge is 0.444 e. The van der Waals surface area contributed by atoms with Gasteiger partial charge in [0.2, 0.25) is 0 Å². The van der Waals surface area contributed by atoms with Gasteiger partial charge >= 0.3 is 6.09 Å². The Morgan fingerprint density at radius 1 is 1.12 bits per heavy atom. The molecule has 2 aliphatic rings. The van der Waals surface area contributed by atoms with Crippen LogP contribution in [-0.4, -0.2) is 63.6 Å². The fraction of sp³-hybridized carbons (Fsp3) is 0.583. The molecule has 2 aliphatic heterocycles. The number of rotatable bonds is 4. The Morgan fingerprint density at radius 3 is 2.44 bits per heavy atom. The molecule has 0 atom stereocenters. The number of amides is 1. The van der Waals surface area contributed by atoms with E-state index in [9.17, 15) is 13.6 Å². The second-order valence-corrected chi connectivity index (χ2v) is 10.1. The zero-order valence-electron chi connectivity index (χ0n) is 20.1. The minimum absolute atomic E-state index is 0.174. The number of hydrogen-bond donors (Lipinski definition) is 1. The Morgan fingerprint density at radius 2 is 1.85 bits per heavy atom. The van der Waals surface area contributed by atoms with Crippen LogP contribution in [0.5, 0.6) is 0 Å². The van der Waals surface area contributed by atoms with Gasteiger partial charge < -0.3 is 19.9 Å². The summed E-state index contributed by atoms with van der Waals surface area (Å²) in [6.07, 6.45) is 4.29. The maximum Gasteiger partial charge on any atom is 0.410 e. The van der Waals surface area contributed by atoms with Crippen LogP contribution in [0.1, 0.15) is 57.2 Å². The number of piperidine rings is 1. The van der Waals surface area contributed by atoms with Gasteiger partial charge in [-0.05, 0) is 64.2 Å². The van der Waals surface area contributed by atoms with Crippen LogP contribution in [-0.2, 0) is 4.74 Å². The molecule has 1 N–H and O–H groups in total. The number of carbonyl (C=O) groups is 1. The van der Waals surface area contributed by atoms with E-state index in [1.54, 1.807) is 22.2 Å². The van der Waals surface area contributed by atoms with Crippen LogP contribution in [0.15, 0.2) is 24.5 Å². The summed E-state index contributed by atoms with van der Waals surface area (Å²) >= 11 is 0. The molecule has 10 heteroatoms. The number of carbonyl (C=O) groups excluding carboxylic acids is 1. The molecule has 0 aromatic carbocycles. The quantitative estimate of drug-likeness (QED) is 0.676. The van der Waals surface area contributed by atoms with Crippen molar-refractivity contribution in [3.8, 4) is 0 Å². The van der Waals surface area contributed by atoms with Crippen molar-refractivity contribution in [3.05, 3.63) is 35.8 Å². The lowest BCUT2D eigenvalue weighted by atomic mass is 9.90. The van der Waals surface area contributed by atoms with E-state index in [0.29, 0.717) is 30.5 Å². The topological polar surface area (TPSA) is 83.5 Å². The number of aryl methyl sites for hydroxylation is 1. The van der Waals surface area contributed by atoms with Gasteiger partial charge in [0, 0.05) is 26.1 Å². The second-order valence-electron chi connectivity index (χ2n) is 10.1. The Bertz CT molecular complexity index is 1020. The van der Waals surface area contributed by atoms with E-state index in [0.717, 1.165) is 24.1 Å². The highest BCUT2D eigenvalue weighted by atomic mass is 19.3. The maximum absolute atomic E-state index is 13.9.